The van der Waals surface area contributed by atoms with Gasteiger partial charge in [-0.05, 0) is 40.0 Å². The van der Waals surface area contributed by atoms with Gasteiger partial charge in [0.05, 0.1) is 5.41 Å². The molecule has 158 valence electrons. The summed E-state index contributed by atoms with van der Waals surface area (Å²) in [5, 5.41) is 0. The standard InChI is InChI=1S/C15H24F3NO7S/c1-5-14(11(20)24-10-25-27(22,23)15(16,17)18)6-8-19(9-7-14)12(21)26-13(2,3)4/h5-10H2,1-4H3. The van der Waals surface area contributed by atoms with E-state index in [1.165, 1.54) is 4.90 Å². The van der Waals surface area contributed by atoms with Crippen molar-refractivity contribution in [2.45, 2.75) is 58.1 Å². The van der Waals surface area contributed by atoms with E-state index in [2.05, 4.69) is 8.92 Å². The van der Waals surface area contributed by atoms with Gasteiger partial charge < -0.3 is 14.4 Å². The Bertz CT molecular complexity index is 647. The molecular formula is C15H24F3NO7S. The van der Waals surface area contributed by atoms with Gasteiger partial charge in [0.1, 0.15) is 5.60 Å². The SMILES string of the molecule is CCC1(C(=O)OCOS(=O)(=O)C(F)(F)F)CCN(C(=O)OC(C)(C)C)CC1. The average molecular weight is 419 g/mol. The van der Waals surface area contributed by atoms with Crippen molar-refractivity contribution in [3.63, 3.8) is 0 Å². The number of rotatable bonds is 5. The first kappa shape index (κ1) is 23.5. The number of piperidine rings is 1. The lowest BCUT2D eigenvalue weighted by atomic mass is 9.76. The topological polar surface area (TPSA) is 99.2 Å². The van der Waals surface area contributed by atoms with Crippen molar-refractivity contribution in [3.05, 3.63) is 0 Å². The van der Waals surface area contributed by atoms with E-state index < -0.39 is 45.5 Å². The number of hydrogen-bond donors (Lipinski definition) is 0. The molecule has 8 nitrogen and oxygen atoms in total. The van der Waals surface area contributed by atoms with Gasteiger partial charge in [-0.1, -0.05) is 6.92 Å². The fourth-order valence-electron chi connectivity index (χ4n) is 2.51. The van der Waals surface area contributed by atoms with E-state index in [9.17, 15) is 31.2 Å². The van der Waals surface area contributed by atoms with E-state index in [1.54, 1.807) is 27.7 Å². The van der Waals surface area contributed by atoms with E-state index in [0.717, 1.165) is 0 Å². The van der Waals surface area contributed by atoms with Crippen LogP contribution in [0.15, 0.2) is 0 Å². The number of halogens is 3. The third-order valence-corrected chi connectivity index (χ3v) is 5.13. The monoisotopic (exact) mass is 419 g/mol. The number of carbonyl (C=O) groups excluding carboxylic acids is 2. The van der Waals surface area contributed by atoms with Gasteiger partial charge in [0.15, 0.2) is 0 Å². The largest absolute Gasteiger partial charge is 0.523 e. The highest BCUT2D eigenvalue weighted by Crippen LogP contribution is 2.37. The molecule has 0 aromatic carbocycles. The van der Waals surface area contributed by atoms with Crippen LogP contribution in [0, 0.1) is 5.41 Å². The second-order valence-electron chi connectivity index (χ2n) is 7.17. The van der Waals surface area contributed by atoms with E-state index in [0.29, 0.717) is 6.42 Å². The van der Waals surface area contributed by atoms with E-state index in [-0.39, 0.29) is 25.9 Å². The number of carbonyl (C=O) groups is 2. The van der Waals surface area contributed by atoms with Crippen LogP contribution in [0.1, 0.15) is 47.0 Å². The zero-order valence-electron chi connectivity index (χ0n) is 15.6. The Hall–Kier alpha value is -1.56. The van der Waals surface area contributed by atoms with Gasteiger partial charge in [-0.15, -0.1) is 0 Å². The third kappa shape index (κ3) is 6.23. The highest BCUT2D eigenvalue weighted by atomic mass is 32.2. The number of amides is 1. The minimum atomic E-state index is -5.83. The second-order valence-corrected chi connectivity index (χ2v) is 8.78. The lowest BCUT2D eigenvalue weighted by Gasteiger charge is -2.39. The summed E-state index contributed by atoms with van der Waals surface area (Å²) < 4.78 is 71.7. The van der Waals surface area contributed by atoms with Gasteiger partial charge in [-0.2, -0.15) is 21.6 Å². The Kier molecular flexibility index (Phi) is 7.14. The summed E-state index contributed by atoms with van der Waals surface area (Å²) in [4.78, 5) is 25.8. The lowest BCUT2D eigenvalue weighted by Crippen LogP contribution is -2.48. The molecule has 1 rings (SSSR count). The molecule has 1 fully saturated rings. The maximum absolute atomic E-state index is 12.3. The van der Waals surface area contributed by atoms with E-state index in [4.69, 9.17) is 4.74 Å². The van der Waals surface area contributed by atoms with Crippen LogP contribution in [0.25, 0.3) is 0 Å². The molecular weight excluding hydrogens is 395 g/mol. The predicted molar refractivity (Wildman–Crippen MR) is 86.8 cm³/mol. The summed E-state index contributed by atoms with van der Waals surface area (Å²) in [6.07, 6.45) is 0.182. The van der Waals surface area contributed by atoms with Gasteiger partial charge in [0.25, 0.3) is 0 Å². The smallest absolute Gasteiger partial charge is 0.444 e. The van der Waals surface area contributed by atoms with Gasteiger partial charge >= 0.3 is 27.7 Å². The van der Waals surface area contributed by atoms with Crippen molar-refractivity contribution in [1.82, 2.24) is 4.90 Å². The van der Waals surface area contributed by atoms with Crippen LogP contribution >= 0.6 is 0 Å². The van der Waals surface area contributed by atoms with Gasteiger partial charge in [0, 0.05) is 13.1 Å². The second kappa shape index (κ2) is 8.21. The zero-order valence-corrected chi connectivity index (χ0v) is 16.4. The van der Waals surface area contributed by atoms with Crippen LogP contribution < -0.4 is 0 Å². The number of esters is 1. The molecule has 27 heavy (non-hydrogen) atoms. The van der Waals surface area contributed by atoms with E-state index in [1.807, 2.05) is 0 Å². The van der Waals surface area contributed by atoms with E-state index >= 15 is 0 Å². The Labute approximate surface area is 156 Å². The number of ether oxygens (including phenoxy) is 2. The number of hydrogen-bond acceptors (Lipinski definition) is 7. The van der Waals surface area contributed by atoms with Crippen molar-refractivity contribution in [1.29, 1.82) is 0 Å². The van der Waals surface area contributed by atoms with Crippen LogP contribution in [0.3, 0.4) is 0 Å². The molecule has 1 saturated heterocycles. The molecule has 12 heteroatoms. The fourth-order valence-corrected chi connectivity index (χ4v) is 2.82. The molecule has 1 aliphatic rings. The normalized spacial score (nSPS) is 18.1. The van der Waals surface area contributed by atoms with Crippen LogP contribution in [0.4, 0.5) is 18.0 Å². The molecule has 0 N–H and O–H groups in total. The van der Waals surface area contributed by atoms with Crippen LogP contribution in [0.5, 0.6) is 0 Å². The molecule has 0 aromatic rings. The molecule has 1 heterocycles. The van der Waals surface area contributed by atoms with Crippen molar-refractivity contribution >= 4 is 22.2 Å². The summed E-state index contributed by atoms with van der Waals surface area (Å²) in [6, 6.07) is 0. The van der Waals surface area contributed by atoms with Crippen LogP contribution in [-0.4, -0.2) is 56.4 Å². The molecule has 0 radical (unpaired) electrons. The maximum Gasteiger partial charge on any atom is 0.523 e. The molecule has 1 amide bonds. The maximum atomic E-state index is 12.3. The predicted octanol–water partition coefficient (Wildman–Crippen LogP) is 2.78. The average Bonchev–Trinajstić information content (AvgIpc) is 2.51. The molecule has 0 atom stereocenters. The van der Waals surface area contributed by atoms with Gasteiger partial charge in [0.2, 0.25) is 6.79 Å². The molecule has 1 aliphatic heterocycles. The molecule has 0 aliphatic carbocycles. The molecule has 0 unspecified atom stereocenters. The van der Waals surface area contributed by atoms with Crippen molar-refractivity contribution in [3.8, 4) is 0 Å². The van der Waals surface area contributed by atoms with Crippen LogP contribution in [0.2, 0.25) is 0 Å². The highest BCUT2D eigenvalue weighted by Gasteiger charge is 2.48. The fraction of sp³-hybridized carbons (Fsp3) is 0.867. The Morgan fingerprint density at radius 1 is 1.11 bits per heavy atom. The number of likely N-dealkylation sites (tertiary alicyclic amines) is 1. The first-order valence-corrected chi connectivity index (χ1v) is 9.65. The Morgan fingerprint density at radius 3 is 2.04 bits per heavy atom. The molecule has 0 bridgehead atoms. The highest BCUT2D eigenvalue weighted by molar-refractivity contribution is 7.87. The van der Waals surface area contributed by atoms with Gasteiger partial charge in [-0.3, -0.25) is 4.79 Å². The van der Waals surface area contributed by atoms with Crippen LogP contribution in [-0.2, 0) is 28.6 Å². The summed E-state index contributed by atoms with van der Waals surface area (Å²) in [5.74, 6) is -0.869. The first-order chi connectivity index (χ1) is 12.1. The van der Waals surface area contributed by atoms with Crippen molar-refractivity contribution in [2.75, 3.05) is 19.9 Å². The minimum absolute atomic E-state index is 0.194. The summed E-state index contributed by atoms with van der Waals surface area (Å²) in [6.45, 7) is 5.88. The number of nitrogens with zero attached hydrogens (tertiary/aromatic N) is 1. The molecule has 0 saturated carbocycles. The summed E-state index contributed by atoms with van der Waals surface area (Å²) in [7, 11) is -5.83. The minimum Gasteiger partial charge on any atom is -0.444 e. The zero-order chi connectivity index (χ0) is 21.1. The van der Waals surface area contributed by atoms with Crippen molar-refractivity contribution < 1.29 is 44.8 Å². The summed E-state index contributed by atoms with van der Waals surface area (Å²) in [5.41, 5.74) is -7.30. The number of alkyl halides is 3. The third-order valence-electron chi connectivity index (χ3n) is 4.16. The molecule has 0 spiro atoms. The Morgan fingerprint density at radius 2 is 1.63 bits per heavy atom. The van der Waals surface area contributed by atoms with Gasteiger partial charge in [-0.25, -0.2) is 8.98 Å². The summed E-state index contributed by atoms with van der Waals surface area (Å²) >= 11 is 0. The quantitative estimate of drug-likeness (QED) is 0.292. The Balaban J connectivity index is 2.63. The lowest BCUT2D eigenvalue weighted by molar-refractivity contribution is -0.166. The molecule has 0 aromatic heterocycles. The first-order valence-electron chi connectivity index (χ1n) is 8.24. The van der Waals surface area contributed by atoms with Crippen molar-refractivity contribution in [2.24, 2.45) is 5.41 Å².